The predicted molar refractivity (Wildman–Crippen MR) is 83.4 cm³/mol. The van der Waals surface area contributed by atoms with Crippen molar-refractivity contribution in [1.29, 1.82) is 0 Å². The molecule has 1 amide bonds. The number of ether oxygens (including phenoxy) is 2. The molecule has 8 nitrogen and oxygen atoms in total. The maximum Gasteiger partial charge on any atom is 0.413 e. The summed E-state index contributed by atoms with van der Waals surface area (Å²) in [7, 11) is -1.10. The van der Waals surface area contributed by atoms with Crippen molar-refractivity contribution >= 4 is 19.5 Å². The Morgan fingerprint density at radius 3 is 2.22 bits per heavy atom. The molecule has 23 heavy (non-hydrogen) atoms. The van der Waals surface area contributed by atoms with E-state index in [-0.39, 0.29) is 6.61 Å². The smallest absolute Gasteiger partial charge is 0.413 e. The van der Waals surface area contributed by atoms with Gasteiger partial charge in [0.1, 0.15) is 23.5 Å². The van der Waals surface area contributed by atoms with Gasteiger partial charge in [-0.1, -0.05) is 0 Å². The summed E-state index contributed by atoms with van der Waals surface area (Å²) >= 11 is 0. The summed E-state index contributed by atoms with van der Waals surface area (Å²) in [5.74, 6) is -0.464. The Labute approximate surface area is 136 Å². The van der Waals surface area contributed by atoms with Crippen LogP contribution in [0.25, 0.3) is 0 Å². The third kappa shape index (κ3) is 5.01. The molecule has 0 aromatic carbocycles. The van der Waals surface area contributed by atoms with Crippen LogP contribution in [-0.4, -0.2) is 61.1 Å². The molecule has 1 aliphatic heterocycles. The van der Waals surface area contributed by atoms with E-state index in [1.165, 1.54) is 19.1 Å². The second-order valence-electron chi connectivity index (χ2n) is 6.72. The van der Waals surface area contributed by atoms with Crippen molar-refractivity contribution < 1.29 is 32.7 Å². The summed E-state index contributed by atoms with van der Waals surface area (Å²) in [5.41, 5.74) is -1.72. The summed E-state index contributed by atoms with van der Waals surface area (Å²) in [6, 6.07) is -0.904. The van der Waals surface area contributed by atoms with Crippen molar-refractivity contribution in [2.75, 3.05) is 27.0 Å². The molecule has 1 aliphatic rings. The van der Waals surface area contributed by atoms with E-state index >= 15 is 0 Å². The number of hydrogen-bond acceptors (Lipinski definition) is 7. The largest absolute Gasteiger partial charge is 0.444 e. The monoisotopic (exact) mass is 351 g/mol. The Morgan fingerprint density at radius 1 is 1.26 bits per heavy atom. The van der Waals surface area contributed by atoms with E-state index in [1.807, 2.05) is 0 Å². The first-order valence-corrected chi connectivity index (χ1v) is 8.97. The van der Waals surface area contributed by atoms with E-state index in [9.17, 15) is 14.2 Å². The van der Waals surface area contributed by atoms with Gasteiger partial charge in [-0.3, -0.25) is 14.3 Å². The van der Waals surface area contributed by atoms with Gasteiger partial charge in [0.2, 0.25) is 0 Å². The highest BCUT2D eigenvalue weighted by molar-refractivity contribution is 7.54. The molecule has 0 radical (unpaired) electrons. The van der Waals surface area contributed by atoms with Crippen LogP contribution in [0.15, 0.2) is 0 Å². The van der Waals surface area contributed by atoms with Gasteiger partial charge in [0.15, 0.2) is 5.78 Å². The number of carbonyl (C=O) groups is 2. The minimum Gasteiger partial charge on any atom is -0.444 e. The lowest BCUT2D eigenvalue weighted by atomic mass is 10.1. The number of amides is 1. The van der Waals surface area contributed by atoms with Gasteiger partial charge < -0.3 is 18.5 Å². The lowest BCUT2D eigenvalue weighted by molar-refractivity contribution is -0.122. The van der Waals surface area contributed by atoms with Gasteiger partial charge in [0, 0.05) is 14.2 Å². The van der Waals surface area contributed by atoms with Crippen molar-refractivity contribution in [2.45, 2.75) is 52.0 Å². The molecule has 0 N–H and O–H groups in total. The van der Waals surface area contributed by atoms with Crippen LogP contribution in [0.4, 0.5) is 4.79 Å². The van der Waals surface area contributed by atoms with E-state index in [4.69, 9.17) is 18.5 Å². The molecule has 1 unspecified atom stereocenters. The summed E-state index contributed by atoms with van der Waals surface area (Å²) < 4.78 is 32.6. The van der Waals surface area contributed by atoms with E-state index < -0.39 is 43.0 Å². The third-order valence-corrected chi connectivity index (χ3v) is 5.17. The van der Waals surface area contributed by atoms with Crippen LogP contribution < -0.4 is 0 Å². The first-order chi connectivity index (χ1) is 10.4. The van der Waals surface area contributed by atoms with Gasteiger partial charge in [-0.25, -0.2) is 4.79 Å². The Bertz CT molecular complexity index is 504. The molecular formula is C14H26NO7P. The zero-order valence-corrected chi connectivity index (χ0v) is 15.6. The first kappa shape index (κ1) is 20.1. The molecule has 9 heteroatoms. The van der Waals surface area contributed by atoms with Crippen LogP contribution in [0.2, 0.25) is 0 Å². The maximum atomic E-state index is 12.5. The quantitative estimate of drug-likeness (QED) is 0.702. The molecule has 1 saturated heterocycles. The van der Waals surface area contributed by atoms with Crippen LogP contribution in [-0.2, 0) is 27.9 Å². The molecule has 0 spiro atoms. The zero-order valence-electron chi connectivity index (χ0n) is 14.7. The van der Waals surface area contributed by atoms with E-state index in [0.717, 1.165) is 0 Å². The van der Waals surface area contributed by atoms with Crippen molar-refractivity contribution in [3.05, 3.63) is 0 Å². The van der Waals surface area contributed by atoms with Crippen LogP contribution in [0.1, 0.15) is 34.6 Å². The van der Waals surface area contributed by atoms with Gasteiger partial charge in [-0.05, 0) is 34.6 Å². The summed E-state index contributed by atoms with van der Waals surface area (Å²) in [6.07, 6.45) is -1.10. The fourth-order valence-corrected chi connectivity index (χ4v) is 3.20. The third-order valence-electron chi connectivity index (χ3n) is 3.35. The number of ketones is 1. The molecule has 0 aliphatic carbocycles. The molecule has 0 aromatic heterocycles. The topological polar surface area (TPSA) is 91.4 Å². The van der Waals surface area contributed by atoms with E-state index in [0.29, 0.717) is 0 Å². The molecular weight excluding hydrogens is 325 g/mol. The number of hydrogen-bond donors (Lipinski definition) is 0. The fraction of sp³-hybridized carbons (Fsp3) is 0.857. The fourth-order valence-electron chi connectivity index (χ4n) is 2.20. The Kier molecular flexibility index (Phi) is 6.02. The minimum atomic E-state index is -3.51. The highest BCUT2D eigenvalue weighted by Gasteiger charge is 2.49. The lowest BCUT2D eigenvalue weighted by Gasteiger charge is -2.34. The van der Waals surface area contributed by atoms with E-state index in [1.54, 1.807) is 34.6 Å². The number of Topliss-reactive ketones (excluding diaryl/α,β-unsaturated/α-hetero) is 1. The highest BCUT2D eigenvalue weighted by atomic mass is 31.2. The van der Waals surface area contributed by atoms with Gasteiger partial charge >= 0.3 is 13.7 Å². The van der Waals surface area contributed by atoms with Crippen LogP contribution in [0.5, 0.6) is 0 Å². The Hall–Kier alpha value is -0.950. The van der Waals surface area contributed by atoms with Gasteiger partial charge in [-0.2, -0.15) is 0 Å². The first-order valence-electron chi connectivity index (χ1n) is 7.25. The molecule has 1 heterocycles. The lowest BCUT2D eigenvalue weighted by Crippen LogP contribution is -2.52. The normalized spacial score (nSPS) is 21.3. The second kappa shape index (κ2) is 6.89. The van der Waals surface area contributed by atoms with E-state index in [2.05, 4.69) is 0 Å². The molecule has 0 saturated carbocycles. The molecule has 1 atom stereocenters. The number of carbonyl (C=O) groups excluding carboxylic acids is 2. The molecule has 0 aromatic rings. The van der Waals surface area contributed by atoms with Crippen molar-refractivity contribution in [1.82, 2.24) is 4.90 Å². The summed E-state index contributed by atoms with van der Waals surface area (Å²) in [4.78, 5) is 26.2. The van der Waals surface area contributed by atoms with Crippen molar-refractivity contribution in [2.24, 2.45) is 0 Å². The van der Waals surface area contributed by atoms with Crippen molar-refractivity contribution in [3.63, 3.8) is 0 Å². The maximum absolute atomic E-state index is 12.5. The highest BCUT2D eigenvalue weighted by Crippen LogP contribution is 2.47. The number of rotatable bonds is 5. The minimum absolute atomic E-state index is 0.00148. The van der Waals surface area contributed by atoms with Gasteiger partial charge in [-0.15, -0.1) is 0 Å². The summed E-state index contributed by atoms with van der Waals surface area (Å²) in [6.45, 7) is 8.52. The standard InChI is InChI=1S/C14H26NO7P/c1-13(2,3)22-12(17)15-10(8-21-14(15,4)5)11(16)9-23(18,19-6)20-7/h10H,8-9H2,1-7H3. The van der Waals surface area contributed by atoms with Gasteiger partial charge in [0.05, 0.1) is 6.61 Å². The molecule has 1 rings (SSSR count). The van der Waals surface area contributed by atoms with Crippen molar-refractivity contribution in [3.8, 4) is 0 Å². The van der Waals surface area contributed by atoms with Crippen LogP contribution >= 0.6 is 7.60 Å². The summed E-state index contributed by atoms with van der Waals surface area (Å²) in [5, 5.41) is 0. The second-order valence-corrected chi connectivity index (χ2v) is 8.99. The number of nitrogens with zero attached hydrogens (tertiary/aromatic N) is 1. The molecule has 134 valence electrons. The van der Waals surface area contributed by atoms with Gasteiger partial charge in [0.25, 0.3) is 0 Å². The van der Waals surface area contributed by atoms with Crippen LogP contribution in [0.3, 0.4) is 0 Å². The molecule has 0 bridgehead atoms. The zero-order chi connectivity index (χ0) is 18.1. The predicted octanol–water partition coefficient (Wildman–Crippen LogP) is 2.41. The molecule has 1 fully saturated rings. The SMILES string of the molecule is COP(=O)(CC(=O)C1COC(C)(C)N1C(=O)OC(C)(C)C)OC. The Balaban J connectivity index is 2.98. The van der Waals surface area contributed by atoms with Crippen LogP contribution in [0, 0.1) is 0 Å². The average molecular weight is 351 g/mol. The Morgan fingerprint density at radius 2 is 1.78 bits per heavy atom. The average Bonchev–Trinajstić information content (AvgIpc) is 2.72.